The fourth-order valence-electron chi connectivity index (χ4n) is 1.15. The molecule has 13 heavy (non-hydrogen) atoms. The summed E-state index contributed by atoms with van der Waals surface area (Å²) >= 11 is 1.61. The maximum Gasteiger partial charge on any atom is -0.269 e. The summed E-state index contributed by atoms with van der Waals surface area (Å²) < 4.78 is 1.67. The molecule has 0 heterocycles. The molecular formula is C9H16F3Zr. The van der Waals surface area contributed by atoms with E-state index in [-0.39, 0.29) is 14.1 Å². The van der Waals surface area contributed by atoms with Gasteiger partial charge < -0.3 is 0 Å². The molecule has 0 unspecified atom stereocenters. The van der Waals surface area contributed by atoms with Crippen LogP contribution in [0.25, 0.3) is 0 Å². The molecule has 1 aliphatic rings. The number of hydrogen-bond donors (Lipinski definition) is 0. The van der Waals surface area contributed by atoms with Gasteiger partial charge in [-0.2, -0.15) is 0 Å². The zero-order valence-corrected chi connectivity index (χ0v) is 10.2. The van der Waals surface area contributed by atoms with E-state index in [0.717, 1.165) is 0 Å². The summed E-state index contributed by atoms with van der Waals surface area (Å²) in [6.07, 6.45) is 9.82. The van der Waals surface area contributed by atoms with Crippen LogP contribution in [0.2, 0.25) is 0 Å². The molecule has 0 saturated carbocycles. The molecule has 0 radical (unpaired) electrons. The summed E-state index contributed by atoms with van der Waals surface area (Å²) in [6.45, 7) is 2.25. The summed E-state index contributed by atoms with van der Waals surface area (Å²) in [6, 6.07) is 0. The second-order valence-corrected chi connectivity index (χ2v) is 4.20. The molecular weight excluding hydrogens is 256 g/mol. The molecule has 0 N–H and O–H groups in total. The molecule has 4 heteroatoms. The van der Waals surface area contributed by atoms with E-state index in [1.807, 2.05) is 0 Å². The topological polar surface area (TPSA) is 0 Å². The van der Waals surface area contributed by atoms with E-state index in [9.17, 15) is 0 Å². The van der Waals surface area contributed by atoms with Crippen molar-refractivity contribution in [1.82, 2.24) is 0 Å². The zero-order chi connectivity index (χ0) is 7.40. The predicted molar refractivity (Wildman–Crippen MR) is 47.8 cm³/mol. The minimum atomic E-state index is 0. The normalized spacial score (nSPS) is 12.9. The Morgan fingerprint density at radius 3 is 2.31 bits per heavy atom. The van der Waals surface area contributed by atoms with Crippen LogP contribution in [0.4, 0.5) is 14.1 Å². The van der Waals surface area contributed by atoms with Crippen molar-refractivity contribution in [3.63, 3.8) is 0 Å². The molecule has 0 aliphatic heterocycles. The van der Waals surface area contributed by atoms with Gasteiger partial charge in [-0.1, -0.05) is 0 Å². The fraction of sp³-hybridized carbons (Fsp3) is 0.556. The van der Waals surface area contributed by atoms with Gasteiger partial charge >= 0.3 is 78.3 Å². The van der Waals surface area contributed by atoms with Gasteiger partial charge in [0.25, 0.3) is 0 Å². The number of unbranched alkanes of at least 4 members (excludes halogenated alkanes) is 1. The first kappa shape index (κ1) is 18.8. The van der Waals surface area contributed by atoms with E-state index in [0.29, 0.717) is 0 Å². The Balaban J connectivity index is -0.000000333. The van der Waals surface area contributed by atoms with Crippen molar-refractivity contribution in [2.45, 2.75) is 32.6 Å². The standard InChI is InChI=1S/C9H13.3FH.Zr/c1-2-3-6-9-7-4-5-8-9;;;;/h4,7H,2-3,5-6H2,1H3;3*1H;. The first-order valence-corrected chi connectivity index (χ1v) is 5.17. The zero-order valence-electron chi connectivity index (χ0n) is 7.71. The first-order chi connectivity index (χ1) is 4.84. The average Bonchev–Trinajstić information content (AvgIpc) is 2.31. The largest absolute Gasteiger partial charge is 0.269 e. The molecule has 0 atom stereocenters. The van der Waals surface area contributed by atoms with Crippen LogP contribution < -0.4 is 0 Å². The summed E-state index contributed by atoms with van der Waals surface area (Å²) in [5, 5.41) is 0. The van der Waals surface area contributed by atoms with Gasteiger partial charge in [-0.25, -0.2) is 0 Å². The van der Waals surface area contributed by atoms with Crippen molar-refractivity contribution in [2.24, 2.45) is 0 Å². The fourth-order valence-corrected chi connectivity index (χ4v) is 1.95. The maximum absolute atomic E-state index is 2.31. The second-order valence-electron chi connectivity index (χ2n) is 2.71. The van der Waals surface area contributed by atoms with Crippen LogP contribution in [0.15, 0.2) is 21.0 Å². The molecule has 0 amide bonds. The van der Waals surface area contributed by atoms with E-state index < -0.39 is 0 Å². The monoisotopic (exact) mass is 271 g/mol. The molecule has 0 aromatic rings. The molecule has 1 rings (SSSR count). The smallest absolute Gasteiger partial charge is 0.269 e. The summed E-state index contributed by atoms with van der Waals surface area (Å²) in [5.74, 6) is 0. The van der Waals surface area contributed by atoms with Crippen LogP contribution in [0.5, 0.6) is 0 Å². The van der Waals surface area contributed by atoms with Gasteiger partial charge in [0.2, 0.25) is 0 Å². The maximum atomic E-state index is 2.31. The molecule has 77 valence electrons. The van der Waals surface area contributed by atoms with Crippen LogP contribution in [-0.4, -0.2) is 0 Å². The predicted octanol–water partition coefficient (Wildman–Crippen LogP) is 3.39. The van der Waals surface area contributed by atoms with Crippen molar-refractivity contribution < 1.29 is 38.8 Å². The van der Waals surface area contributed by atoms with E-state index >= 15 is 0 Å². The number of hydrogen-bond acceptors (Lipinski definition) is 0. The molecule has 0 bridgehead atoms. The van der Waals surface area contributed by atoms with Gasteiger partial charge in [0.1, 0.15) is 0 Å². The van der Waals surface area contributed by atoms with Gasteiger partial charge in [-0.15, -0.1) is 0 Å². The minimum absolute atomic E-state index is 0. The molecule has 0 spiro atoms. The summed E-state index contributed by atoms with van der Waals surface area (Å²) in [5.41, 5.74) is 1.63. The van der Waals surface area contributed by atoms with Crippen molar-refractivity contribution in [3.8, 4) is 0 Å². The second kappa shape index (κ2) is 10.2. The molecule has 0 fully saturated rings. The average molecular weight is 272 g/mol. The Hall–Kier alpha value is 0.153. The van der Waals surface area contributed by atoms with Gasteiger partial charge in [0.05, 0.1) is 0 Å². The Bertz CT molecular complexity index is 176. The summed E-state index contributed by atoms with van der Waals surface area (Å²) in [7, 11) is 0. The number of rotatable bonds is 3. The van der Waals surface area contributed by atoms with Crippen LogP contribution in [-0.2, 0) is 24.7 Å². The van der Waals surface area contributed by atoms with Crippen LogP contribution in [0.1, 0.15) is 32.6 Å². The van der Waals surface area contributed by atoms with E-state index in [1.54, 1.807) is 33.6 Å². The van der Waals surface area contributed by atoms with Gasteiger partial charge in [0, 0.05) is 0 Å². The molecule has 1 aliphatic carbocycles. The Labute approximate surface area is 92.4 Å². The Kier molecular flexibility index (Phi) is 14.8. The Morgan fingerprint density at radius 1 is 1.31 bits per heavy atom. The number of allylic oxidation sites excluding steroid dienone is 4. The SMILES string of the molecule is CCCCC1=[C]([Zr])CC=C1.F.F.F. The third kappa shape index (κ3) is 6.25. The van der Waals surface area contributed by atoms with Crippen LogP contribution in [0, 0.1) is 0 Å². The van der Waals surface area contributed by atoms with Crippen LogP contribution in [0.3, 0.4) is 0 Å². The van der Waals surface area contributed by atoms with Crippen molar-refractivity contribution in [2.75, 3.05) is 0 Å². The number of halogens is 3. The quantitative estimate of drug-likeness (QED) is 0.739. The van der Waals surface area contributed by atoms with Gasteiger partial charge in [-0.3, -0.25) is 14.1 Å². The van der Waals surface area contributed by atoms with Crippen molar-refractivity contribution >= 4 is 0 Å². The third-order valence-electron chi connectivity index (χ3n) is 1.83. The first-order valence-electron chi connectivity index (χ1n) is 3.94. The molecule has 0 nitrogen and oxygen atoms in total. The van der Waals surface area contributed by atoms with E-state index in [2.05, 4.69) is 19.1 Å². The van der Waals surface area contributed by atoms with Crippen molar-refractivity contribution in [3.05, 3.63) is 21.0 Å². The van der Waals surface area contributed by atoms with Crippen LogP contribution >= 0.6 is 0 Å². The van der Waals surface area contributed by atoms with Crippen molar-refractivity contribution in [1.29, 1.82) is 0 Å². The summed E-state index contributed by atoms with van der Waals surface area (Å²) in [4.78, 5) is 0. The molecule has 0 aromatic carbocycles. The van der Waals surface area contributed by atoms with E-state index in [1.165, 1.54) is 25.7 Å². The minimum Gasteiger partial charge on any atom is -0.269 e. The molecule has 0 saturated heterocycles. The third-order valence-corrected chi connectivity index (χ3v) is 3.12. The Morgan fingerprint density at radius 2 is 1.92 bits per heavy atom. The van der Waals surface area contributed by atoms with Gasteiger partial charge in [-0.05, 0) is 0 Å². The van der Waals surface area contributed by atoms with E-state index in [4.69, 9.17) is 0 Å². The molecule has 0 aromatic heterocycles. The van der Waals surface area contributed by atoms with Gasteiger partial charge in [0.15, 0.2) is 0 Å².